The van der Waals surface area contributed by atoms with E-state index in [4.69, 9.17) is 78.3 Å². The van der Waals surface area contributed by atoms with Crippen molar-refractivity contribution in [3.8, 4) is 57.1 Å². The van der Waals surface area contributed by atoms with Crippen LogP contribution in [0.4, 0.5) is 0 Å². The topological polar surface area (TPSA) is 539 Å². The minimum atomic E-state index is -2.27. The molecule has 600 valence electrons. The number of halogens is 2. The van der Waals surface area contributed by atoms with Gasteiger partial charge in [0.1, 0.15) is 77.4 Å². The van der Waals surface area contributed by atoms with Crippen molar-refractivity contribution >= 4 is 70.3 Å². The van der Waals surface area contributed by atoms with Crippen molar-refractivity contribution < 1.29 is 127 Å². The molecule has 0 saturated carbocycles. The second-order valence-corrected chi connectivity index (χ2v) is 30.9. The van der Waals surface area contributed by atoms with Gasteiger partial charge in [-0.1, -0.05) is 62.2 Å². The number of phenolic OH excluding ortho intramolecular Hbond substituents is 3. The first kappa shape index (κ1) is 83.1. The van der Waals surface area contributed by atoms with Gasteiger partial charge < -0.3 is 127 Å². The van der Waals surface area contributed by atoms with Gasteiger partial charge in [-0.2, -0.15) is 0 Å². The molecule has 8 aliphatic heterocycles. The molecule has 5 aromatic rings. The van der Waals surface area contributed by atoms with E-state index in [1.54, 1.807) is 6.92 Å². The van der Waals surface area contributed by atoms with Gasteiger partial charge in [0.05, 0.1) is 52.9 Å². The van der Waals surface area contributed by atoms with Crippen molar-refractivity contribution in [3.63, 3.8) is 0 Å². The normalized spacial score (nSPS) is 32.2. The fourth-order valence-electron chi connectivity index (χ4n) is 15.0. The standard InChI is InChI=1S/C76H91Cl2N7O26/c1-8-32(15-29(2)3)69(98)84-59-46(90)19-37(22-53(79)92)70(99)82-57-36-20-50(106-48-13-10-34(61(59)93)17-42(48)77)65(111-74-66(63(95)62(94)52(28-86)108-74)110-55-27-76(7,81)68(97)31(5)105-55)51(21-36)107-49-14-11-35(18-43(49)78)64(109-54-26-75(6,80)67(96)30(4)104-54)60-72(101)83-58(73(102)103)41-23-38(87)24-45(89)56(41)40-16-33(9-12-44(40)88)39(25-47(57)91)71(100)85-60/h9-14,16-18,20-21,23-24,29-32,37,39,52,54-55,57-64,66-68,74,86-89,93-97H,8,15,19,22,25-28,80-81H2,1-7H3,(H2,79,92)(H,82,99)(H,83,101)(H,84,98)(H,85,100)(H,102,103)/t30-,31-,32+,37-,39+,52?,54-,55-,57+,58-,59-,60-,61+,62+,63?,64+,66?,67-,68-,74-,75?,76?/m0/s1. The fourth-order valence-corrected chi connectivity index (χ4v) is 15.5. The van der Waals surface area contributed by atoms with Crippen molar-refractivity contribution in [3.05, 3.63) is 117 Å². The van der Waals surface area contributed by atoms with Crippen LogP contribution in [0, 0.1) is 17.8 Å². The summed E-state index contributed by atoms with van der Waals surface area (Å²) in [5.41, 5.74) is 13.9. The van der Waals surface area contributed by atoms with Gasteiger partial charge in [0.15, 0.2) is 47.8 Å². The molecular formula is C76H91Cl2N7O26. The summed E-state index contributed by atoms with van der Waals surface area (Å²) < 4.78 is 51.9. The molecule has 5 aromatic carbocycles. The molecule has 3 saturated heterocycles. The third-order valence-electron chi connectivity index (χ3n) is 21.0. The Kier molecular flexibility index (Phi) is 25.0. The number of benzene rings is 5. The number of aliphatic carboxylic acids is 1. The number of amides is 5. The first-order valence-electron chi connectivity index (χ1n) is 36.1. The largest absolute Gasteiger partial charge is 0.508 e. The lowest BCUT2D eigenvalue weighted by Crippen LogP contribution is -2.64. The van der Waals surface area contributed by atoms with Crippen LogP contribution in [0.1, 0.15) is 151 Å². The van der Waals surface area contributed by atoms with E-state index in [2.05, 4.69) is 21.3 Å². The van der Waals surface area contributed by atoms with Crippen molar-refractivity contribution in [2.75, 3.05) is 6.61 Å². The highest BCUT2D eigenvalue weighted by Gasteiger charge is 2.52. The molecule has 111 heavy (non-hydrogen) atoms. The average molecular weight is 1590 g/mol. The van der Waals surface area contributed by atoms with Crippen LogP contribution in [0.2, 0.25) is 10.0 Å². The summed E-state index contributed by atoms with van der Waals surface area (Å²) in [7, 11) is 0. The Balaban J connectivity index is 1.19. The number of phenols is 3. The highest BCUT2D eigenvalue weighted by Crippen LogP contribution is 2.51. The maximum atomic E-state index is 16.5. The quantitative estimate of drug-likeness (QED) is 0.0709. The zero-order valence-corrected chi connectivity index (χ0v) is 62.8. The number of carbonyl (C=O) groups is 8. The van der Waals surface area contributed by atoms with Crippen molar-refractivity contribution in [1.82, 2.24) is 21.3 Å². The Morgan fingerprint density at radius 3 is 1.85 bits per heavy atom. The molecule has 5 unspecified atom stereocenters. The van der Waals surface area contributed by atoms with Crippen molar-refractivity contribution in [1.29, 1.82) is 0 Å². The summed E-state index contributed by atoms with van der Waals surface area (Å²) in [6.45, 7) is 10.5. The lowest BCUT2D eigenvalue weighted by molar-refractivity contribution is -0.333. The Hall–Kier alpha value is -8.88. The average Bonchev–Trinajstić information content (AvgIpc) is 0.763. The van der Waals surface area contributed by atoms with E-state index in [1.807, 2.05) is 13.8 Å². The summed E-state index contributed by atoms with van der Waals surface area (Å²) in [5, 5.41) is 124. The van der Waals surface area contributed by atoms with E-state index in [0.29, 0.717) is 6.42 Å². The van der Waals surface area contributed by atoms with Crippen LogP contribution in [0.15, 0.2) is 78.9 Å². The van der Waals surface area contributed by atoms with Crippen LogP contribution >= 0.6 is 23.2 Å². The summed E-state index contributed by atoms with van der Waals surface area (Å²) in [4.78, 5) is 120. The number of hydrogen-bond donors (Lipinski definition) is 17. The maximum absolute atomic E-state index is 16.5. The SMILES string of the molecule is CC[C@H](CC(C)C)C(=O)N[C@H]1C(=O)C[C@@H](CC(N)=O)C(=O)N[C@H]2C(=O)C[C@H]3C(=O)N[C@H](C(=O)N[C@H](C(=O)O)c4cc(O)cc(O)c4-c4cc3ccc4O)[C@H](O[C@H]3CC(C)(N)[C@@H](O)[C@H](C)O3)c3ccc(c(Cl)c3)Oc3cc2cc(c3O[C@@H]2OC(CO)[C@@H](O)C(O)C2O[C@H]2CC(C)(N)[C@@H](O)[C@H](C)O2)Oc2ccc(cc2Cl)[C@H]1O. The molecule has 0 aliphatic carbocycles. The van der Waals surface area contributed by atoms with Gasteiger partial charge in [-0.25, -0.2) is 4.79 Å². The number of ketones is 2. The number of hydrogen-bond acceptors (Lipinski definition) is 27. The van der Waals surface area contributed by atoms with Crippen LogP contribution in [0.5, 0.6) is 46.0 Å². The third kappa shape index (κ3) is 17.8. The summed E-state index contributed by atoms with van der Waals surface area (Å²) in [5.74, 6) is -19.1. The van der Waals surface area contributed by atoms with E-state index in [-0.39, 0.29) is 64.0 Å². The molecule has 20 N–H and O–H groups in total. The van der Waals surface area contributed by atoms with E-state index in [0.717, 1.165) is 36.4 Å². The number of aliphatic hydroxyl groups excluding tert-OH is 6. The number of primary amides is 1. The monoisotopic (exact) mass is 1590 g/mol. The first-order chi connectivity index (χ1) is 52.3. The Morgan fingerprint density at radius 1 is 0.685 bits per heavy atom. The molecule has 33 nitrogen and oxygen atoms in total. The Labute approximate surface area is 645 Å². The van der Waals surface area contributed by atoms with E-state index in [9.17, 15) is 65.4 Å². The van der Waals surface area contributed by atoms with E-state index < -0.39 is 262 Å². The predicted octanol–water partition coefficient (Wildman–Crippen LogP) is 3.76. The number of Topliss-reactive ketones (excluding diaryl/α,β-unsaturated/α-hetero) is 2. The van der Waals surface area contributed by atoms with Gasteiger partial charge in [-0.05, 0) is 123 Å². The number of ether oxygens (including phenoxy) is 8. The second kappa shape index (κ2) is 33.4. The summed E-state index contributed by atoms with van der Waals surface area (Å²) in [6, 6.07) is 5.97. The van der Waals surface area contributed by atoms with Crippen LogP contribution in [-0.4, -0.2) is 196 Å². The van der Waals surface area contributed by atoms with Crippen LogP contribution in [-0.2, 0) is 62.0 Å². The lowest BCUT2D eigenvalue weighted by Gasteiger charge is -2.47. The van der Waals surface area contributed by atoms with Crippen molar-refractivity contribution in [2.24, 2.45) is 35.0 Å². The minimum Gasteiger partial charge on any atom is -0.508 e. The van der Waals surface area contributed by atoms with Crippen molar-refractivity contribution in [2.45, 2.75) is 214 Å². The number of carboxylic acid groups (broad SMARTS) is 1. The van der Waals surface area contributed by atoms with E-state index in [1.165, 1.54) is 70.2 Å². The maximum Gasteiger partial charge on any atom is 0.330 e. The summed E-state index contributed by atoms with van der Waals surface area (Å²) >= 11 is 14.5. The molecule has 0 radical (unpaired) electrons. The summed E-state index contributed by atoms with van der Waals surface area (Å²) in [6.07, 6.45) is -24.0. The van der Waals surface area contributed by atoms with Crippen LogP contribution in [0.25, 0.3) is 11.1 Å². The number of fused-ring (bicyclic) bond motifs is 15. The fraction of sp³-hybridized carbons (Fsp3) is 0.500. The number of aliphatic hydroxyl groups is 6. The van der Waals surface area contributed by atoms with Gasteiger partial charge in [0.2, 0.25) is 41.6 Å². The van der Waals surface area contributed by atoms with Gasteiger partial charge in [0, 0.05) is 71.9 Å². The van der Waals surface area contributed by atoms with Crippen LogP contribution < -0.4 is 52.7 Å². The van der Waals surface area contributed by atoms with E-state index >= 15 is 24.0 Å². The molecule has 8 heterocycles. The van der Waals surface area contributed by atoms with Gasteiger partial charge in [0.25, 0.3) is 0 Å². The molecule has 11 bridgehead atoms. The first-order valence-corrected chi connectivity index (χ1v) is 36.8. The number of rotatable bonds is 15. The number of carbonyl (C=O) groups excluding carboxylic acids is 7. The number of aromatic hydroxyl groups is 3. The molecule has 0 aromatic heterocycles. The molecular weight excluding hydrogens is 1500 g/mol. The molecule has 5 amide bonds. The smallest absolute Gasteiger partial charge is 0.330 e. The molecule has 13 rings (SSSR count). The third-order valence-corrected chi connectivity index (χ3v) is 21.6. The number of carboxylic acids is 1. The zero-order chi connectivity index (χ0) is 80.9. The number of nitrogens with two attached hydrogens (primary N) is 3. The van der Waals surface area contributed by atoms with Gasteiger partial charge in [-0.15, -0.1) is 0 Å². The number of nitrogens with one attached hydrogen (secondary N) is 4. The van der Waals surface area contributed by atoms with Gasteiger partial charge >= 0.3 is 5.97 Å². The van der Waals surface area contributed by atoms with Crippen LogP contribution in [0.3, 0.4) is 0 Å². The lowest BCUT2D eigenvalue weighted by atomic mass is 9.84. The molecule has 22 atom stereocenters. The molecule has 3 fully saturated rings. The highest BCUT2D eigenvalue weighted by molar-refractivity contribution is 6.32. The second-order valence-electron chi connectivity index (χ2n) is 30.1. The molecule has 8 aliphatic rings. The zero-order valence-electron chi connectivity index (χ0n) is 61.3. The molecule has 0 spiro atoms. The predicted molar refractivity (Wildman–Crippen MR) is 389 cm³/mol. The highest BCUT2D eigenvalue weighted by atomic mass is 35.5. The Bertz CT molecular complexity index is 4410. The molecule has 35 heteroatoms. The Morgan fingerprint density at radius 2 is 1.28 bits per heavy atom. The minimum absolute atomic E-state index is 0.0271. The van der Waals surface area contributed by atoms with Gasteiger partial charge in [-0.3, -0.25) is 33.6 Å².